The van der Waals surface area contributed by atoms with Crippen LogP contribution in [0.5, 0.6) is 0 Å². The lowest BCUT2D eigenvalue weighted by molar-refractivity contribution is 0.00260. The molecule has 0 saturated carbocycles. The SMILES string of the molecule is O=C(c1ccncc1)N1CCC2(CN(Cc3ccc(Cl)cc3)C2)C1. The van der Waals surface area contributed by atoms with Crippen molar-refractivity contribution in [3.05, 3.63) is 64.9 Å². The van der Waals surface area contributed by atoms with Crippen LogP contribution >= 0.6 is 11.6 Å². The van der Waals surface area contributed by atoms with E-state index in [9.17, 15) is 4.79 Å². The molecule has 0 bridgehead atoms. The Labute approximate surface area is 147 Å². The molecule has 2 aromatic rings. The number of aromatic nitrogens is 1. The van der Waals surface area contributed by atoms with Gasteiger partial charge in [0.2, 0.25) is 0 Å². The number of carbonyl (C=O) groups is 1. The second-order valence-electron chi connectivity index (χ2n) is 6.98. The maximum absolute atomic E-state index is 12.6. The zero-order chi connectivity index (χ0) is 16.6. The van der Waals surface area contributed by atoms with Crippen LogP contribution in [-0.2, 0) is 6.54 Å². The number of hydrogen-bond acceptors (Lipinski definition) is 3. The summed E-state index contributed by atoms with van der Waals surface area (Å²) in [5.74, 6) is 0.130. The standard InChI is InChI=1S/C19H20ClN3O/c20-17-3-1-15(2-4-17)11-22-12-19(13-22)7-10-23(14-19)18(24)16-5-8-21-9-6-16/h1-6,8-9H,7,10-14H2. The quantitative estimate of drug-likeness (QED) is 0.860. The van der Waals surface area contributed by atoms with Crippen molar-refractivity contribution in [1.82, 2.24) is 14.8 Å². The highest BCUT2D eigenvalue weighted by Crippen LogP contribution is 2.40. The first-order valence-corrected chi connectivity index (χ1v) is 8.68. The van der Waals surface area contributed by atoms with Crippen LogP contribution in [0.15, 0.2) is 48.8 Å². The number of likely N-dealkylation sites (tertiary alicyclic amines) is 2. The maximum atomic E-state index is 12.6. The minimum absolute atomic E-state index is 0.130. The van der Waals surface area contributed by atoms with Crippen LogP contribution in [-0.4, -0.2) is 46.9 Å². The van der Waals surface area contributed by atoms with E-state index in [0.717, 1.165) is 49.7 Å². The van der Waals surface area contributed by atoms with Crippen LogP contribution in [0.4, 0.5) is 0 Å². The van der Waals surface area contributed by atoms with Crippen LogP contribution < -0.4 is 0 Å². The maximum Gasteiger partial charge on any atom is 0.253 e. The number of carbonyl (C=O) groups excluding carboxylic acids is 1. The Hall–Kier alpha value is -1.91. The lowest BCUT2D eigenvalue weighted by Gasteiger charge is -2.48. The fraction of sp³-hybridized carbons (Fsp3) is 0.368. The van der Waals surface area contributed by atoms with Gasteiger partial charge in [-0.2, -0.15) is 0 Å². The molecule has 4 rings (SSSR count). The molecule has 0 radical (unpaired) electrons. The summed E-state index contributed by atoms with van der Waals surface area (Å²) in [6.45, 7) is 4.81. The fourth-order valence-corrected chi connectivity index (χ4v) is 4.03. The van der Waals surface area contributed by atoms with E-state index in [-0.39, 0.29) is 11.3 Å². The Morgan fingerprint density at radius 3 is 2.50 bits per heavy atom. The number of pyridine rings is 1. The molecule has 0 atom stereocenters. The van der Waals surface area contributed by atoms with Gasteiger partial charge in [0.05, 0.1) is 0 Å². The van der Waals surface area contributed by atoms with Gasteiger partial charge in [-0.25, -0.2) is 0 Å². The molecule has 1 spiro atoms. The summed E-state index contributed by atoms with van der Waals surface area (Å²) in [5.41, 5.74) is 2.31. The first-order chi connectivity index (χ1) is 11.6. The summed E-state index contributed by atoms with van der Waals surface area (Å²) in [4.78, 5) is 21.0. The molecule has 0 aliphatic carbocycles. The van der Waals surface area contributed by atoms with Crippen molar-refractivity contribution in [2.75, 3.05) is 26.2 Å². The molecule has 2 aliphatic heterocycles. The van der Waals surface area contributed by atoms with Gasteiger partial charge in [0.15, 0.2) is 0 Å². The van der Waals surface area contributed by atoms with Crippen LogP contribution in [0.25, 0.3) is 0 Å². The molecule has 3 heterocycles. The summed E-state index contributed by atoms with van der Waals surface area (Å²) in [6.07, 6.45) is 4.45. The van der Waals surface area contributed by atoms with Crippen molar-refractivity contribution in [1.29, 1.82) is 0 Å². The molecule has 5 heteroatoms. The monoisotopic (exact) mass is 341 g/mol. The third-order valence-corrected chi connectivity index (χ3v) is 5.34. The van der Waals surface area contributed by atoms with Gasteiger partial charge in [-0.05, 0) is 36.2 Å². The van der Waals surface area contributed by atoms with Gasteiger partial charge in [-0.3, -0.25) is 14.7 Å². The summed E-state index contributed by atoms with van der Waals surface area (Å²) in [5, 5.41) is 0.778. The smallest absolute Gasteiger partial charge is 0.253 e. The molecular formula is C19H20ClN3O. The molecule has 0 unspecified atom stereocenters. The van der Waals surface area contributed by atoms with Crippen LogP contribution in [0, 0.1) is 5.41 Å². The Kier molecular flexibility index (Phi) is 4.02. The van der Waals surface area contributed by atoms with E-state index in [2.05, 4.69) is 22.0 Å². The first-order valence-electron chi connectivity index (χ1n) is 8.30. The zero-order valence-corrected chi connectivity index (χ0v) is 14.2. The van der Waals surface area contributed by atoms with Crippen molar-refractivity contribution in [3.63, 3.8) is 0 Å². The predicted molar refractivity (Wildman–Crippen MR) is 93.9 cm³/mol. The predicted octanol–water partition coefficient (Wildman–Crippen LogP) is 3.08. The summed E-state index contributed by atoms with van der Waals surface area (Å²) in [6, 6.07) is 11.6. The minimum atomic E-state index is 0.130. The van der Waals surface area contributed by atoms with Crippen molar-refractivity contribution in [2.24, 2.45) is 5.41 Å². The molecule has 1 amide bonds. The number of amides is 1. The van der Waals surface area contributed by atoms with E-state index >= 15 is 0 Å². The van der Waals surface area contributed by atoms with Crippen molar-refractivity contribution in [3.8, 4) is 0 Å². The van der Waals surface area contributed by atoms with Gasteiger partial charge >= 0.3 is 0 Å². The van der Waals surface area contributed by atoms with Gasteiger partial charge in [-0.1, -0.05) is 23.7 Å². The number of halogens is 1. The highest BCUT2D eigenvalue weighted by molar-refractivity contribution is 6.30. The average molecular weight is 342 g/mol. The summed E-state index contributed by atoms with van der Waals surface area (Å²) >= 11 is 5.94. The number of nitrogens with zero attached hydrogens (tertiary/aromatic N) is 3. The highest BCUT2D eigenvalue weighted by Gasteiger charge is 2.48. The Morgan fingerprint density at radius 1 is 1.08 bits per heavy atom. The van der Waals surface area contributed by atoms with Crippen molar-refractivity contribution >= 4 is 17.5 Å². The molecule has 2 saturated heterocycles. The summed E-state index contributed by atoms with van der Waals surface area (Å²) in [7, 11) is 0. The Bertz CT molecular complexity index is 726. The molecule has 0 N–H and O–H groups in total. The molecule has 124 valence electrons. The normalized spacial score (nSPS) is 19.5. The first kappa shape index (κ1) is 15.6. The molecule has 1 aromatic carbocycles. The number of benzene rings is 1. The third kappa shape index (κ3) is 3.04. The molecule has 24 heavy (non-hydrogen) atoms. The summed E-state index contributed by atoms with van der Waals surface area (Å²) < 4.78 is 0. The Balaban J connectivity index is 1.33. The second-order valence-corrected chi connectivity index (χ2v) is 7.42. The second kappa shape index (κ2) is 6.19. The van der Waals surface area contributed by atoms with E-state index in [1.54, 1.807) is 24.5 Å². The van der Waals surface area contributed by atoms with Crippen molar-refractivity contribution < 1.29 is 4.79 Å². The van der Waals surface area contributed by atoms with E-state index < -0.39 is 0 Å². The third-order valence-electron chi connectivity index (χ3n) is 5.09. The van der Waals surface area contributed by atoms with Crippen LogP contribution in [0.3, 0.4) is 0 Å². The van der Waals surface area contributed by atoms with Gasteiger partial charge in [0.25, 0.3) is 5.91 Å². The lowest BCUT2D eigenvalue weighted by Crippen LogP contribution is -2.57. The Morgan fingerprint density at radius 2 is 1.79 bits per heavy atom. The largest absolute Gasteiger partial charge is 0.338 e. The van der Waals surface area contributed by atoms with Gasteiger partial charge < -0.3 is 4.90 Å². The molecule has 4 nitrogen and oxygen atoms in total. The van der Waals surface area contributed by atoms with Gasteiger partial charge in [0.1, 0.15) is 0 Å². The van der Waals surface area contributed by atoms with Crippen LogP contribution in [0.1, 0.15) is 22.3 Å². The van der Waals surface area contributed by atoms with E-state index in [0.29, 0.717) is 0 Å². The van der Waals surface area contributed by atoms with E-state index in [1.807, 2.05) is 17.0 Å². The fourth-order valence-electron chi connectivity index (χ4n) is 3.91. The molecule has 1 aromatic heterocycles. The van der Waals surface area contributed by atoms with E-state index in [1.165, 1.54) is 5.56 Å². The van der Waals surface area contributed by atoms with Gasteiger partial charge in [-0.15, -0.1) is 0 Å². The highest BCUT2D eigenvalue weighted by atomic mass is 35.5. The lowest BCUT2D eigenvalue weighted by atomic mass is 9.79. The minimum Gasteiger partial charge on any atom is -0.338 e. The van der Waals surface area contributed by atoms with Crippen molar-refractivity contribution in [2.45, 2.75) is 13.0 Å². The topological polar surface area (TPSA) is 36.4 Å². The van der Waals surface area contributed by atoms with Crippen LogP contribution in [0.2, 0.25) is 5.02 Å². The average Bonchev–Trinajstić information content (AvgIpc) is 3.02. The zero-order valence-electron chi connectivity index (χ0n) is 13.5. The molecule has 2 fully saturated rings. The molecular weight excluding hydrogens is 322 g/mol. The molecule has 2 aliphatic rings. The number of hydrogen-bond donors (Lipinski definition) is 0. The van der Waals surface area contributed by atoms with E-state index in [4.69, 9.17) is 11.6 Å². The number of rotatable bonds is 3. The van der Waals surface area contributed by atoms with Gasteiger partial charge in [0, 0.05) is 61.1 Å².